The van der Waals surface area contributed by atoms with Gasteiger partial charge in [0.2, 0.25) is 29.2 Å². The molecule has 0 fully saturated rings. The number of para-hydroxylation sites is 1. The Morgan fingerprint density at radius 2 is 1.38 bits per heavy atom. The zero-order chi connectivity index (χ0) is 73.3. The van der Waals surface area contributed by atoms with Crippen molar-refractivity contribution in [2.24, 2.45) is 17.6 Å². The molecule has 0 aliphatic carbocycles. The predicted molar refractivity (Wildman–Crippen MR) is 359 cm³/mol. The van der Waals surface area contributed by atoms with Crippen molar-refractivity contribution in [1.82, 2.24) is 41.5 Å². The summed E-state index contributed by atoms with van der Waals surface area (Å²) in [4.78, 5) is 198. The lowest BCUT2D eigenvalue weighted by Gasteiger charge is -2.35. The number of Topliss-reactive ketones (excluding diaryl/α,β-unsaturated/α-hetero) is 2. The number of fused-ring (bicyclic) bond motifs is 5. The van der Waals surface area contributed by atoms with E-state index < -0.39 is 176 Å². The van der Waals surface area contributed by atoms with Crippen LogP contribution in [0.15, 0.2) is 102 Å². The summed E-state index contributed by atoms with van der Waals surface area (Å²) in [6.07, 6.45) is -7.18. The zero-order valence-corrected chi connectivity index (χ0v) is 56.1. The number of carboxylic acid groups (broad SMARTS) is 4. The number of aromatic nitrogens is 2. The number of ketones is 2. The van der Waals surface area contributed by atoms with E-state index >= 15 is 0 Å². The first-order valence-electron chi connectivity index (χ1n) is 31.8. The lowest BCUT2D eigenvalue weighted by atomic mass is 9.85. The van der Waals surface area contributed by atoms with Gasteiger partial charge in [0.25, 0.3) is 12.0 Å². The van der Waals surface area contributed by atoms with Crippen LogP contribution < -0.4 is 43.2 Å². The van der Waals surface area contributed by atoms with E-state index in [9.17, 15) is 87.2 Å². The van der Waals surface area contributed by atoms with E-state index in [1.54, 1.807) is 73.7 Å². The van der Waals surface area contributed by atoms with Gasteiger partial charge in [-0.05, 0) is 55.0 Å². The highest BCUT2D eigenvalue weighted by Gasteiger charge is 2.51. The molecular formula is C67H75N9O23S2. The molecule has 2 aliphatic heterocycles. The molecule has 8 atom stereocenters. The number of carbonyl (C=O) groups is 14. The maximum absolute atomic E-state index is 14.3. The maximum Gasteiger partial charge on any atom is 0.509 e. The quantitative estimate of drug-likeness (QED) is 0.00656. The number of ether oxygens (including phenoxy) is 4. The highest BCUT2D eigenvalue weighted by Crippen LogP contribution is 2.41. The molecule has 0 saturated heterocycles. The molecule has 3 aromatic carbocycles. The van der Waals surface area contributed by atoms with Crippen molar-refractivity contribution in [3.63, 3.8) is 0 Å². The Morgan fingerprint density at radius 3 is 2.04 bits per heavy atom. The van der Waals surface area contributed by atoms with Gasteiger partial charge in [0.15, 0.2) is 17.8 Å². The Balaban J connectivity index is 0.885. The third kappa shape index (κ3) is 22.4. The second-order valence-corrected chi connectivity index (χ2v) is 26.1. The van der Waals surface area contributed by atoms with Crippen molar-refractivity contribution in [2.45, 2.75) is 127 Å². The number of nitrogens with zero attached hydrogens (tertiary/aromatic N) is 2. The van der Waals surface area contributed by atoms with Crippen molar-refractivity contribution in [1.29, 1.82) is 0 Å². The minimum Gasteiger partial charge on any atom is -0.481 e. The molecule has 2 aliphatic rings. The van der Waals surface area contributed by atoms with Crippen molar-refractivity contribution < 1.29 is 106 Å². The number of urea groups is 1. The highest BCUT2D eigenvalue weighted by molar-refractivity contribution is 8.76. The van der Waals surface area contributed by atoms with E-state index in [0.29, 0.717) is 28.0 Å². The molecule has 0 spiro atoms. The number of rotatable bonds is 41. The van der Waals surface area contributed by atoms with Crippen LogP contribution in [0.4, 0.5) is 9.59 Å². The Bertz CT molecular complexity index is 3970. The first-order valence-corrected chi connectivity index (χ1v) is 34.3. The third-order valence-corrected chi connectivity index (χ3v) is 18.8. The fraction of sp³-hybridized carbons (Fsp3) is 0.403. The fourth-order valence-electron chi connectivity index (χ4n) is 11.0. The molecule has 101 heavy (non-hydrogen) atoms. The number of nitrogens with two attached hydrogens (primary N) is 1. The number of carboxylic acids is 4. The van der Waals surface area contributed by atoms with Crippen LogP contribution in [0.1, 0.15) is 92.5 Å². The van der Waals surface area contributed by atoms with Gasteiger partial charge in [-0.2, -0.15) is 0 Å². The van der Waals surface area contributed by atoms with Gasteiger partial charge in [-0.1, -0.05) is 107 Å². The molecule has 4 heterocycles. The number of hydrogen-bond acceptors (Lipinski definition) is 23. The monoisotopic (exact) mass is 1440 g/mol. The summed E-state index contributed by atoms with van der Waals surface area (Å²) in [7, 11) is 2.02. The number of carbonyl (C=O) groups excluding carboxylic acids is 10. The second kappa shape index (κ2) is 37.4. The molecule has 5 aromatic rings. The highest BCUT2D eigenvalue weighted by atomic mass is 33.1. The summed E-state index contributed by atoms with van der Waals surface area (Å²) < 4.78 is 22.6. The van der Waals surface area contributed by atoms with Gasteiger partial charge in [-0.3, -0.25) is 52.7 Å². The minimum absolute atomic E-state index is 0.0311. The van der Waals surface area contributed by atoms with E-state index in [1.165, 1.54) is 4.57 Å². The lowest BCUT2D eigenvalue weighted by Crippen LogP contribution is -2.53. The minimum atomic E-state index is -2.05. The molecule has 34 heteroatoms. The number of pyridine rings is 2. The van der Waals surface area contributed by atoms with Crippen molar-refractivity contribution >= 4 is 116 Å². The molecular weight excluding hydrogens is 1360 g/mol. The number of nitrogens with one attached hydrogen (secondary N) is 6. The largest absolute Gasteiger partial charge is 0.509 e. The van der Waals surface area contributed by atoms with E-state index in [4.69, 9.17) is 30.0 Å². The van der Waals surface area contributed by atoms with Crippen LogP contribution in [0.5, 0.6) is 0 Å². The molecule has 7 rings (SSSR count). The first kappa shape index (κ1) is 77.6. The van der Waals surface area contributed by atoms with Gasteiger partial charge in [0, 0.05) is 79.1 Å². The Kier molecular flexibility index (Phi) is 28.8. The number of cyclic esters (lactones) is 1. The van der Waals surface area contributed by atoms with Crippen molar-refractivity contribution in [3.05, 3.63) is 135 Å². The van der Waals surface area contributed by atoms with E-state index in [2.05, 4.69) is 36.6 Å². The number of aliphatic carboxylic acids is 4. The van der Waals surface area contributed by atoms with Crippen molar-refractivity contribution in [2.75, 3.05) is 31.2 Å². The predicted octanol–water partition coefficient (Wildman–Crippen LogP) is 2.63. The van der Waals surface area contributed by atoms with Gasteiger partial charge in [-0.25, -0.2) is 24.2 Å². The standard InChI is InChI=1S/C67H75N9O23S2/c1-2-67(44-30-50-58-41(27-39-15-9-10-16-46(39)72-58)33-76(50)61(88)43(44)34-97-64(67)93)99-66(95)96-23-24-100-101-35-42(62(89)90)29-52(79)49(31-57(84)85)73-60(87)45(68)32-70-59(86)40(25-37-11-5-3-6-12-37)28-51(78)48(26-38-13-7-4-8-14-38)71-54(81)21-22-69-53(80)18-17-47(63(91)92)74-65(94)75-55(98-36-77)19-20-56(82)83/h3-16,27,30,36,40,42,45,47-49,55H,2,17-26,28-29,31-35,68H2,1H3,(H,69,80)(H,70,86)(H,71,81)(H,73,87)(H,82,83)(H,84,85)(H,89,90)(H,91,92)(H2,74,75,94)/t40-,42+,45+,47+,48+,49+,55-,67+/m1/s1. The molecule has 6 amide bonds. The average Bonchev–Trinajstić information content (AvgIpc) is 1.66. The summed E-state index contributed by atoms with van der Waals surface area (Å²) in [6, 6.07) is 20.6. The number of esters is 1. The summed E-state index contributed by atoms with van der Waals surface area (Å²) in [5, 5.41) is 53.4. The van der Waals surface area contributed by atoms with Crippen LogP contribution in [0.2, 0.25) is 0 Å². The Labute approximate surface area is 583 Å². The number of hydrogen-bond donors (Lipinski definition) is 11. The SMILES string of the molecule is CC[C@@]1(OC(=O)OCCSSC[C@H](CC(=O)[C@H](CC(=O)O)NC(=O)[C@@H](N)CNC(=O)[C@@H](CC(=O)[C@H](Cc2ccccc2)NC(=O)CCNC(=O)CC[C@H](NC(=O)N[C@@H](CCC(=O)O)OC=O)C(=O)O)Cc2ccccc2)C(=O)O)C(=O)OCc2c1cc1n(c2=O)Cc2cc3ccccc3nc2-1. The normalized spacial score (nSPS) is 15.4. The summed E-state index contributed by atoms with van der Waals surface area (Å²) in [5.74, 6) is -14.3. The molecule has 0 unspecified atom stereocenters. The topological polar surface area (TPSA) is 490 Å². The first-order chi connectivity index (χ1) is 48.3. The maximum atomic E-state index is 14.3. The van der Waals surface area contributed by atoms with E-state index in [-0.39, 0.29) is 87.5 Å². The zero-order valence-electron chi connectivity index (χ0n) is 54.4. The molecule has 2 aromatic heterocycles. The van der Waals surface area contributed by atoms with Crippen LogP contribution in [-0.2, 0) is 108 Å². The number of benzene rings is 3. The summed E-state index contributed by atoms with van der Waals surface area (Å²) in [5.41, 5.74) is 7.62. The molecule has 0 saturated carbocycles. The van der Waals surface area contributed by atoms with E-state index in [1.807, 2.05) is 30.3 Å². The summed E-state index contributed by atoms with van der Waals surface area (Å²) >= 11 is 0. The van der Waals surface area contributed by atoms with Crippen LogP contribution >= 0.6 is 21.6 Å². The van der Waals surface area contributed by atoms with Gasteiger partial charge >= 0.3 is 42.0 Å². The van der Waals surface area contributed by atoms with Gasteiger partial charge in [0.1, 0.15) is 25.3 Å². The van der Waals surface area contributed by atoms with Gasteiger partial charge < -0.3 is 81.6 Å². The van der Waals surface area contributed by atoms with Crippen molar-refractivity contribution in [3.8, 4) is 11.4 Å². The smallest absolute Gasteiger partial charge is 0.481 e. The Morgan fingerprint density at radius 1 is 0.703 bits per heavy atom. The summed E-state index contributed by atoms with van der Waals surface area (Å²) in [6.45, 7) is 0.201. The van der Waals surface area contributed by atoms with Crippen LogP contribution in [-0.4, -0.2) is 175 Å². The second-order valence-electron chi connectivity index (χ2n) is 23.4. The van der Waals surface area contributed by atoms with Crippen LogP contribution in [0.3, 0.4) is 0 Å². The van der Waals surface area contributed by atoms with Gasteiger partial charge in [0.05, 0.1) is 59.9 Å². The number of amides is 6. The molecule has 538 valence electrons. The average molecular weight is 1440 g/mol. The van der Waals surface area contributed by atoms with Crippen LogP contribution in [0.25, 0.3) is 22.3 Å². The van der Waals surface area contributed by atoms with Gasteiger partial charge in [-0.15, -0.1) is 0 Å². The Hall–Kier alpha value is -10.7. The van der Waals surface area contributed by atoms with Crippen LogP contribution in [0, 0.1) is 11.8 Å². The molecule has 12 N–H and O–H groups in total. The lowest BCUT2D eigenvalue weighted by molar-refractivity contribution is -0.175. The fourth-order valence-corrected chi connectivity index (χ4v) is 13.2. The molecule has 0 radical (unpaired) electrons. The molecule has 0 bridgehead atoms. The van der Waals surface area contributed by atoms with E-state index in [0.717, 1.165) is 32.5 Å². The molecule has 32 nitrogen and oxygen atoms in total. The third-order valence-electron chi connectivity index (χ3n) is 16.3.